The average Bonchev–Trinajstić information content (AvgIpc) is 2.47. The molecule has 0 aromatic carbocycles. The molecule has 21 heavy (non-hydrogen) atoms. The zero-order chi connectivity index (χ0) is 15.8. The van der Waals surface area contributed by atoms with E-state index < -0.39 is 0 Å². The number of anilines is 2. The maximum Gasteiger partial charge on any atom is 0.134 e. The van der Waals surface area contributed by atoms with Crippen LogP contribution in [0.3, 0.4) is 0 Å². The number of hydrogen-bond donors (Lipinski definition) is 2. The number of hydrogen-bond acceptors (Lipinski definition) is 5. The van der Waals surface area contributed by atoms with Gasteiger partial charge in [-0.2, -0.15) is 0 Å². The average molecular weight is 293 g/mol. The van der Waals surface area contributed by atoms with Gasteiger partial charge in [0, 0.05) is 37.7 Å². The molecule has 5 nitrogen and oxygen atoms in total. The largest absolute Gasteiger partial charge is 0.370 e. The monoisotopic (exact) mass is 293 g/mol. The van der Waals surface area contributed by atoms with E-state index in [9.17, 15) is 0 Å². The molecule has 0 saturated heterocycles. The summed E-state index contributed by atoms with van der Waals surface area (Å²) in [7, 11) is 2.14. The molecule has 0 bridgehead atoms. The second-order valence-corrected chi connectivity index (χ2v) is 5.74. The first-order valence-electron chi connectivity index (χ1n) is 8.05. The number of aryl methyl sites for hydroxylation is 1. The van der Waals surface area contributed by atoms with Gasteiger partial charge in [-0.1, -0.05) is 13.8 Å². The zero-order valence-electron chi connectivity index (χ0n) is 14.5. The molecule has 0 atom stereocenters. The maximum atomic E-state index is 4.62. The fourth-order valence-corrected chi connectivity index (χ4v) is 1.92. The highest BCUT2D eigenvalue weighted by Crippen LogP contribution is 2.20. The predicted molar refractivity (Wildman–Crippen MR) is 91.2 cm³/mol. The van der Waals surface area contributed by atoms with Crippen molar-refractivity contribution in [3.05, 3.63) is 11.4 Å². The Kier molecular flexibility index (Phi) is 7.43. The molecular weight excluding hydrogens is 262 g/mol. The van der Waals surface area contributed by atoms with Gasteiger partial charge in [-0.15, -0.1) is 0 Å². The molecule has 0 saturated carbocycles. The normalized spacial score (nSPS) is 11.2. The van der Waals surface area contributed by atoms with Crippen molar-refractivity contribution in [2.75, 3.05) is 37.3 Å². The molecule has 5 heteroatoms. The third kappa shape index (κ3) is 5.50. The molecular formula is C16H31N5. The molecule has 1 aromatic rings. The molecule has 1 heterocycles. The number of rotatable bonds is 9. The minimum absolute atomic E-state index is 0.561. The lowest BCUT2D eigenvalue weighted by molar-refractivity contribution is 0.284. The van der Waals surface area contributed by atoms with E-state index >= 15 is 0 Å². The van der Waals surface area contributed by atoms with Gasteiger partial charge in [-0.05, 0) is 34.2 Å². The van der Waals surface area contributed by atoms with Gasteiger partial charge in [0.25, 0.3) is 0 Å². The Hall–Kier alpha value is -1.36. The van der Waals surface area contributed by atoms with E-state index in [-0.39, 0.29) is 0 Å². The van der Waals surface area contributed by atoms with Gasteiger partial charge >= 0.3 is 0 Å². The van der Waals surface area contributed by atoms with Gasteiger partial charge in [0.2, 0.25) is 0 Å². The first kappa shape index (κ1) is 17.7. The van der Waals surface area contributed by atoms with Crippen LogP contribution in [0.5, 0.6) is 0 Å². The molecule has 0 spiro atoms. The smallest absolute Gasteiger partial charge is 0.134 e. The SMILES string of the molecule is CCCNc1nc(CC)nc(NCCN(C)C(C)C)c1C. The maximum absolute atomic E-state index is 4.62. The number of likely N-dealkylation sites (N-methyl/N-ethyl adjacent to an activating group) is 1. The van der Waals surface area contributed by atoms with Gasteiger partial charge in [-0.25, -0.2) is 9.97 Å². The van der Waals surface area contributed by atoms with Crippen LogP contribution in [0.25, 0.3) is 0 Å². The molecule has 1 rings (SSSR count). The first-order chi connectivity index (χ1) is 9.99. The van der Waals surface area contributed by atoms with E-state index in [1.165, 1.54) is 0 Å². The molecule has 0 aliphatic heterocycles. The van der Waals surface area contributed by atoms with Gasteiger partial charge in [0.05, 0.1) is 0 Å². The fraction of sp³-hybridized carbons (Fsp3) is 0.750. The molecule has 0 aliphatic carbocycles. The van der Waals surface area contributed by atoms with Crippen molar-refractivity contribution in [2.24, 2.45) is 0 Å². The molecule has 0 radical (unpaired) electrons. The van der Waals surface area contributed by atoms with Crippen LogP contribution in [0.15, 0.2) is 0 Å². The van der Waals surface area contributed by atoms with Crippen LogP contribution in [-0.4, -0.2) is 47.6 Å². The summed E-state index contributed by atoms with van der Waals surface area (Å²) in [5.41, 5.74) is 1.10. The minimum atomic E-state index is 0.561. The minimum Gasteiger partial charge on any atom is -0.370 e. The molecule has 0 amide bonds. The molecule has 0 fully saturated rings. The van der Waals surface area contributed by atoms with Crippen LogP contribution in [0.2, 0.25) is 0 Å². The van der Waals surface area contributed by atoms with E-state index in [1.807, 2.05) is 0 Å². The summed E-state index contributed by atoms with van der Waals surface area (Å²) in [5.74, 6) is 2.81. The highest BCUT2D eigenvalue weighted by atomic mass is 15.1. The second kappa shape index (κ2) is 8.82. The lowest BCUT2D eigenvalue weighted by Crippen LogP contribution is -2.31. The standard InChI is InChI=1S/C16H31N5/c1-7-9-17-15-13(5)16(20-14(8-2)19-15)18-10-11-21(6)12(3)4/h12H,7-11H2,1-6H3,(H2,17,18,19,20). The van der Waals surface area contributed by atoms with Crippen molar-refractivity contribution in [2.45, 2.75) is 53.5 Å². The number of aromatic nitrogens is 2. The summed E-state index contributed by atoms with van der Waals surface area (Å²) in [6.07, 6.45) is 1.94. The Morgan fingerprint density at radius 3 is 2.10 bits per heavy atom. The van der Waals surface area contributed by atoms with Gasteiger partial charge in [0.15, 0.2) is 0 Å². The van der Waals surface area contributed by atoms with Crippen molar-refractivity contribution >= 4 is 11.6 Å². The van der Waals surface area contributed by atoms with Crippen LogP contribution in [0.4, 0.5) is 11.6 Å². The van der Waals surface area contributed by atoms with Crippen LogP contribution in [0, 0.1) is 6.92 Å². The highest BCUT2D eigenvalue weighted by Gasteiger charge is 2.10. The Morgan fingerprint density at radius 1 is 1.05 bits per heavy atom. The van der Waals surface area contributed by atoms with Crippen LogP contribution >= 0.6 is 0 Å². The van der Waals surface area contributed by atoms with E-state index in [1.54, 1.807) is 0 Å². The molecule has 1 aromatic heterocycles. The van der Waals surface area contributed by atoms with E-state index in [4.69, 9.17) is 0 Å². The lowest BCUT2D eigenvalue weighted by Gasteiger charge is -2.21. The van der Waals surface area contributed by atoms with Gasteiger partial charge in [-0.3, -0.25) is 0 Å². The van der Waals surface area contributed by atoms with Gasteiger partial charge in [0.1, 0.15) is 17.5 Å². The molecule has 0 unspecified atom stereocenters. The Balaban J connectivity index is 2.75. The Labute approximate surface area is 129 Å². The van der Waals surface area contributed by atoms with Crippen LogP contribution < -0.4 is 10.6 Å². The predicted octanol–water partition coefficient (Wildman–Crippen LogP) is 2.92. The topological polar surface area (TPSA) is 53.1 Å². The van der Waals surface area contributed by atoms with Crippen molar-refractivity contribution < 1.29 is 0 Å². The van der Waals surface area contributed by atoms with Crippen molar-refractivity contribution in [1.82, 2.24) is 14.9 Å². The van der Waals surface area contributed by atoms with Crippen molar-refractivity contribution in [3.63, 3.8) is 0 Å². The number of nitrogens with zero attached hydrogens (tertiary/aromatic N) is 3. The van der Waals surface area contributed by atoms with Crippen LogP contribution in [0.1, 0.15) is 45.5 Å². The summed E-state index contributed by atoms with van der Waals surface area (Å²) in [4.78, 5) is 11.5. The molecule has 0 aliphatic rings. The quantitative estimate of drug-likeness (QED) is 0.733. The zero-order valence-corrected chi connectivity index (χ0v) is 14.5. The Bertz CT molecular complexity index is 431. The summed E-state index contributed by atoms with van der Waals surface area (Å²) >= 11 is 0. The van der Waals surface area contributed by atoms with E-state index in [2.05, 4.69) is 67.2 Å². The molecule has 2 N–H and O–H groups in total. The second-order valence-electron chi connectivity index (χ2n) is 5.74. The summed E-state index contributed by atoms with van der Waals surface area (Å²) in [6.45, 7) is 13.6. The fourth-order valence-electron chi connectivity index (χ4n) is 1.92. The third-order valence-electron chi connectivity index (χ3n) is 3.69. The first-order valence-corrected chi connectivity index (χ1v) is 8.05. The van der Waals surface area contributed by atoms with Crippen molar-refractivity contribution in [1.29, 1.82) is 0 Å². The van der Waals surface area contributed by atoms with Gasteiger partial charge < -0.3 is 15.5 Å². The van der Waals surface area contributed by atoms with E-state index in [0.717, 1.165) is 55.5 Å². The lowest BCUT2D eigenvalue weighted by atomic mass is 10.2. The van der Waals surface area contributed by atoms with E-state index in [0.29, 0.717) is 6.04 Å². The summed E-state index contributed by atoms with van der Waals surface area (Å²) in [6, 6.07) is 0.561. The highest BCUT2D eigenvalue weighted by molar-refractivity contribution is 5.57. The number of nitrogens with one attached hydrogen (secondary N) is 2. The van der Waals surface area contributed by atoms with Crippen molar-refractivity contribution in [3.8, 4) is 0 Å². The molecule has 120 valence electrons. The Morgan fingerprint density at radius 2 is 1.62 bits per heavy atom. The summed E-state index contributed by atoms with van der Waals surface area (Å²) in [5, 5.41) is 6.85. The van der Waals surface area contributed by atoms with Crippen LogP contribution in [-0.2, 0) is 6.42 Å². The third-order valence-corrected chi connectivity index (χ3v) is 3.69. The summed E-state index contributed by atoms with van der Waals surface area (Å²) < 4.78 is 0.